The lowest BCUT2D eigenvalue weighted by Crippen LogP contribution is -1.98. The van der Waals surface area contributed by atoms with Gasteiger partial charge in [0.15, 0.2) is 5.88 Å². The normalized spacial score (nSPS) is 11.2. The van der Waals surface area contributed by atoms with Gasteiger partial charge in [-0.2, -0.15) is 0 Å². The van der Waals surface area contributed by atoms with Gasteiger partial charge in [-0.1, -0.05) is 41.5 Å². The lowest BCUT2D eigenvalue weighted by molar-refractivity contribution is 0.430. The van der Waals surface area contributed by atoms with Crippen molar-refractivity contribution >= 4 is 10.8 Å². The quantitative estimate of drug-likeness (QED) is 0.542. The SMILES string of the molecule is Cc1cc(C)cc(Cn2cc3cc(-c4cccnc4)cc(C)c3c2O)c1. The Hall–Kier alpha value is -3.07. The minimum atomic E-state index is 0.328. The average Bonchev–Trinajstić information content (AvgIpc) is 2.91. The molecular weight excluding hydrogens is 320 g/mol. The minimum absolute atomic E-state index is 0.328. The Labute approximate surface area is 153 Å². The average molecular weight is 342 g/mol. The van der Waals surface area contributed by atoms with Crippen LogP contribution in [0.4, 0.5) is 0 Å². The zero-order chi connectivity index (χ0) is 18.3. The largest absolute Gasteiger partial charge is 0.494 e. The molecule has 0 aliphatic rings. The van der Waals surface area contributed by atoms with Crippen LogP contribution in [0.1, 0.15) is 22.3 Å². The second-order valence-electron chi connectivity index (χ2n) is 7.08. The molecule has 2 aromatic heterocycles. The third-order valence-electron chi connectivity index (χ3n) is 4.79. The van der Waals surface area contributed by atoms with Gasteiger partial charge in [0.1, 0.15) is 0 Å². The van der Waals surface area contributed by atoms with Gasteiger partial charge in [-0.05, 0) is 49.6 Å². The summed E-state index contributed by atoms with van der Waals surface area (Å²) < 4.78 is 1.93. The van der Waals surface area contributed by atoms with Gasteiger partial charge in [0.25, 0.3) is 0 Å². The van der Waals surface area contributed by atoms with Gasteiger partial charge in [0, 0.05) is 34.9 Å². The molecule has 2 aromatic carbocycles. The standard InChI is InChI=1S/C23H22N2O/c1-15-7-16(2)9-18(8-15)13-25-14-21-11-20(19-5-4-6-24-12-19)10-17(3)22(21)23(25)26/h4-12,14,26H,13H2,1-3H3. The number of benzene rings is 2. The van der Waals surface area contributed by atoms with Gasteiger partial charge in [0.2, 0.25) is 0 Å². The van der Waals surface area contributed by atoms with Crippen molar-refractivity contribution in [3.63, 3.8) is 0 Å². The molecule has 0 spiro atoms. The van der Waals surface area contributed by atoms with E-state index in [9.17, 15) is 5.11 Å². The molecule has 0 saturated heterocycles. The van der Waals surface area contributed by atoms with Crippen LogP contribution in [0.15, 0.2) is 61.1 Å². The summed E-state index contributed by atoms with van der Waals surface area (Å²) >= 11 is 0. The van der Waals surface area contributed by atoms with E-state index in [1.54, 1.807) is 6.20 Å². The predicted molar refractivity (Wildman–Crippen MR) is 107 cm³/mol. The molecule has 0 fully saturated rings. The van der Waals surface area contributed by atoms with Gasteiger partial charge in [-0.25, -0.2) is 0 Å². The fraction of sp³-hybridized carbons (Fsp3) is 0.174. The van der Waals surface area contributed by atoms with Gasteiger partial charge in [0.05, 0.1) is 6.54 Å². The number of pyridine rings is 1. The topological polar surface area (TPSA) is 38.0 Å². The lowest BCUT2D eigenvalue weighted by atomic mass is 10.0. The highest BCUT2D eigenvalue weighted by atomic mass is 16.3. The van der Waals surface area contributed by atoms with Crippen LogP contribution in [0, 0.1) is 20.8 Å². The Bertz CT molecular complexity index is 1070. The van der Waals surface area contributed by atoms with Crippen LogP contribution >= 0.6 is 0 Å². The number of rotatable bonds is 3. The molecule has 1 N–H and O–H groups in total. The zero-order valence-electron chi connectivity index (χ0n) is 15.3. The molecule has 4 aromatic rings. The maximum atomic E-state index is 10.8. The first-order chi connectivity index (χ1) is 12.5. The third kappa shape index (κ3) is 2.97. The summed E-state index contributed by atoms with van der Waals surface area (Å²) in [5, 5.41) is 12.7. The summed E-state index contributed by atoms with van der Waals surface area (Å²) in [6.07, 6.45) is 5.68. The van der Waals surface area contributed by atoms with E-state index in [0.29, 0.717) is 12.4 Å². The Morgan fingerprint density at radius 1 is 0.962 bits per heavy atom. The second kappa shape index (κ2) is 6.34. The van der Waals surface area contributed by atoms with Crippen LogP contribution in [-0.4, -0.2) is 14.7 Å². The molecule has 0 amide bonds. The Morgan fingerprint density at radius 2 is 1.73 bits per heavy atom. The molecule has 0 saturated carbocycles. The van der Waals surface area contributed by atoms with Crippen LogP contribution in [0.3, 0.4) is 0 Å². The summed E-state index contributed by atoms with van der Waals surface area (Å²) in [5.41, 5.74) is 6.95. The highest BCUT2D eigenvalue weighted by Crippen LogP contribution is 2.34. The molecular formula is C23H22N2O. The van der Waals surface area contributed by atoms with Gasteiger partial charge >= 0.3 is 0 Å². The second-order valence-corrected chi connectivity index (χ2v) is 7.08. The van der Waals surface area contributed by atoms with E-state index in [1.807, 2.05) is 30.0 Å². The van der Waals surface area contributed by atoms with Crippen LogP contribution in [0.25, 0.3) is 21.9 Å². The highest BCUT2D eigenvalue weighted by Gasteiger charge is 2.13. The first kappa shape index (κ1) is 16.4. The molecule has 0 aliphatic carbocycles. The van der Waals surface area contributed by atoms with Crippen LogP contribution in [-0.2, 0) is 6.54 Å². The minimum Gasteiger partial charge on any atom is -0.494 e. The highest BCUT2D eigenvalue weighted by molar-refractivity contribution is 5.94. The number of nitrogens with zero attached hydrogens (tertiary/aromatic N) is 2. The number of aryl methyl sites for hydroxylation is 3. The van der Waals surface area contributed by atoms with Crippen LogP contribution in [0.2, 0.25) is 0 Å². The lowest BCUT2D eigenvalue weighted by Gasteiger charge is -2.08. The van der Waals surface area contributed by atoms with Gasteiger partial charge in [-0.15, -0.1) is 0 Å². The van der Waals surface area contributed by atoms with E-state index in [2.05, 4.69) is 55.2 Å². The predicted octanol–water partition coefficient (Wildman–Crippen LogP) is 5.38. The first-order valence-corrected chi connectivity index (χ1v) is 8.81. The fourth-order valence-corrected chi connectivity index (χ4v) is 3.77. The number of hydrogen-bond donors (Lipinski definition) is 1. The maximum Gasteiger partial charge on any atom is 0.199 e. The Morgan fingerprint density at radius 3 is 2.42 bits per heavy atom. The zero-order valence-corrected chi connectivity index (χ0v) is 15.3. The fourth-order valence-electron chi connectivity index (χ4n) is 3.77. The number of aromatic nitrogens is 2. The molecule has 130 valence electrons. The summed E-state index contributed by atoms with van der Waals surface area (Å²) in [4.78, 5) is 4.21. The van der Waals surface area contributed by atoms with E-state index in [1.165, 1.54) is 16.7 Å². The summed E-state index contributed by atoms with van der Waals surface area (Å²) in [5.74, 6) is 0.328. The van der Waals surface area contributed by atoms with Crippen LogP contribution in [0.5, 0.6) is 5.88 Å². The van der Waals surface area contributed by atoms with Crippen molar-refractivity contribution in [3.8, 4) is 17.0 Å². The smallest absolute Gasteiger partial charge is 0.199 e. The van der Waals surface area contributed by atoms with Crippen molar-refractivity contribution in [2.45, 2.75) is 27.3 Å². The number of aromatic hydroxyl groups is 1. The monoisotopic (exact) mass is 342 g/mol. The van der Waals surface area contributed by atoms with Crippen molar-refractivity contribution < 1.29 is 5.11 Å². The van der Waals surface area contributed by atoms with E-state index in [4.69, 9.17) is 0 Å². The van der Waals surface area contributed by atoms with Crippen molar-refractivity contribution in [3.05, 3.63) is 83.3 Å². The van der Waals surface area contributed by atoms with Gasteiger partial charge in [-0.3, -0.25) is 4.98 Å². The number of fused-ring (bicyclic) bond motifs is 1. The van der Waals surface area contributed by atoms with E-state index >= 15 is 0 Å². The molecule has 0 radical (unpaired) electrons. The number of hydrogen-bond acceptors (Lipinski definition) is 2. The summed E-state index contributed by atoms with van der Waals surface area (Å²) in [6, 6.07) is 14.7. The molecule has 3 heteroatoms. The molecule has 26 heavy (non-hydrogen) atoms. The molecule has 0 unspecified atom stereocenters. The summed E-state index contributed by atoms with van der Waals surface area (Å²) in [6.45, 7) is 6.91. The third-order valence-corrected chi connectivity index (χ3v) is 4.79. The van der Waals surface area contributed by atoms with E-state index in [-0.39, 0.29) is 0 Å². The van der Waals surface area contributed by atoms with Crippen molar-refractivity contribution in [1.82, 2.24) is 9.55 Å². The van der Waals surface area contributed by atoms with Crippen molar-refractivity contribution in [1.29, 1.82) is 0 Å². The molecule has 0 atom stereocenters. The molecule has 3 nitrogen and oxygen atoms in total. The van der Waals surface area contributed by atoms with E-state index < -0.39 is 0 Å². The molecule has 0 bridgehead atoms. The maximum absolute atomic E-state index is 10.8. The molecule has 4 rings (SSSR count). The Kier molecular flexibility index (Phi) is 4.00. The molecule has 0 aliphatic heterocycles. The van der Waals surface area contributed by atoms with Gasteiger partial charge < -0.3 is 9.67 Å². The van der Waals surface area contributed by atoms with E-state index in [0.717, 1.165) is 27.5 Å². The Balaban J connectivity index is 1.80. The van der Waals surface area contributed by atoms with Crippen molar-refractivity contribution in [2.24, 2.45) is 0 Å². The summed E-state index contributed by atoms with van der Waals surface area (Å²) in [7, 11) is 0. The molecule has 2 heterocycles. The first-order valence-electron chi connectivity index (χ1n) is 8.81. The van der Waals surface area contributed by atoms with Crippen LogP contribution < -0.4 is 0 Å². The van der Waals surface area contributed by atoms with Crippen molar-refractivity contribution in [2.75, 3.05) is 0 Å².